The fraction of sp³-hybridized carbons (Fsp3) is 0.417. The van der Waals surface area contributed by atoms with Gasteiger partial charge in [0.2, 0.25) is 0 Å². The first-order valence-corrected chi connectivity index (χ1v) is 6.99. The van der Waals surface area contributed by atoms with Gasteiger partial charge in [-0.25, -0.2) is 4.98 Å². The van der Waals surface area contributed by atoms with Gasteiger partial charge >= 0.3 is 0 Å². The van der Waals surface area contributed by atoms with Crippen LogP contribution in [0.25, 0.3) is 0 Å². The maximum absolute atomic E-state index is 12.0. The van der Waals surface area contributed by atoms with E-state index in [1.165, 1.54) is 11.3 Å². The Morgan fingerprint density at radius 1 is 1.55 bits per heavy atom. The lowest BCUT2D eigenvalue weighted by molar-refractivity contribution is 0.0959. The zero-order valence-electron chi connectivity index (χ0n) is 11.8. The highest BCUT2D eigenvalue weighted by Crippen LogP contribution is 2.26. The highest BCUT2D eigenvalue weighted by molar-refractivity contribution is 7.18. The van der Waals surface area contributed by atoms with Crippen molar-refractivity contribution in [3.05, 3.63) is 22.8 Å². The van der Waals surface area contributed by atoms with Crippen molar-refractivity contribution < 1.29 is 4.79 Å². The first-order valence-electron chi connectivity index (χ1n) is 6.17. The number of nitrogens with zero attached hydrogens (tertiary/aromatic N) is 4. The molecule has 0 saturated carbocycles. The number of thiazole rings is 1. The quantitative estimate of drug-likeness (QED) is 0.838. The van der Waals surface area contributed by atoms with E-state index in [1.54, 1.807) is 4.68 Å². The summed E-state index contributed by atoms with van der Waals surface area (Å²) in [6.45, 7) is 0.518. The zero-order valence-corrected chi connectivity index (χ0v) is 12.6. The highest BCUT2D eigenvalue weighted by atomic mass is 32.1. The molecule has 108 valence electrons. The number of anilines is 2. The van der Waals surface area contributed by atoms with Crippen molar-refractivity contribution in [2.45, 2.75) is 6.42 Å². The Balaban J connectivity index is 1.91. The van der Waals surface area contributed by atoms with E-state index >= 15 is 0 Å². The van der Waals surface area contributed by atoms with Gasteiger partial charge < -0.3 is 16.0 Å². The molecule has 2 heterocycles. The lowest BCUT2D eigenvalue weighted by Crippen LogP contribution is -2.25. The Bertz CT molecular complexity index is 603. The van der Waals surface area contributed by atoms with Gasteiger partial charge in [-0.15, -0.1) is 0 Å². The van der Waals surface area contributed by atoms with Crippen molar-refractivity contribution in [1.82, 2.24) is 20.1 Å². The van der Waals surface area contributed by atoms with Crippen LogP contribution in [0.1, 0.15) is 15.4 Å². The summed E-state index contributed by atoms with van der Waals surface area (Å²) in [4.78, 5) is 18.5. The summed E-state index contributed by atoms with van der Waals surface area (Å²) in [5.41, 5.74) is 6.71. The second-order valence-electron chi connectivity index (χ2n) is 4.59. The van der Waals surface area contributed by atoms with Crippen LogP contribution >= 0.6 is 11.3 Å². The first-order chi connectivity index (χ1) is 9.47. The summed E-state index contributed by atoms with van der Waals surface area (Å²) in [7, 11) is 5.59. The number of aromatic nitrogens is 3. The van der Waals surface area contributed by atoms with Gasteiger partial charge in [-0.05, 0) is 6.07 Å². The monoisotopic (exact) mass is 294 g/mol. The molecular formula is C12H18N6OS. The number of nitrogen functional groups attached to an aromatic ring is 1. The molecule has 0 unspecified atom stereocenters. The van der Waals surface area contributed by atoms with Crippen LogP contribution in [-0.4, -0.2) is 41.3 Å². The Kier molecular flexibility index (Phi) is 4.23. The normalized spacial score (nSPS) is 10.6. The molecule has 0 radical (unpaired) electrons. The van der Waals surface area contributed by atoms with Crippen molar-refractivity contribution in [1.29, 1.82) is 0 Å². The van der Waals surface area contributed by atoms with Crippen LogP contribution in [0.15, 0.2) is 12.3 Å². The van der Waals surface area contributed by atoms with Crippen LogP contribution in [0.4, 0.5) is 10.9 Å². The largest absolute Gasteiger partial charge is 0.382 e. The number of carbonyl (C=O) groups is 1. The topological polar surface area (TPSA) is 89.1 Å². The fourth-order valence-corrected chi connectivity index (χ4v) is 2.48. The maximum Gasteiger partial charge on any atom is 0.265 e. The minimum absolute atomic E-state index is 0.191. The van der Waals surface area contributed by atoms with E-state index in [9.17, 15) is 4.79 Å². The van der Waals surface area contributed by atoms with Gasteiger partial charge in [0, 0.05) is 40.3 Å². The van der Waals surface area contributed by atoms with Gasteiger partial charge in [-0.3, -0.25) is 9.48 Å². The summed E-state index contributed by atoms with van der Waals surface area (Å²) in [5, 5.41) is 7.80. The van der Waals surface area contributed by atoms with Crippen molar-refractivity contribution in [3.8, 4) is 0 Å². The van der Waals surface area contributed by atoms with Crippen molar-refractivity contribution in [3.63, 3.8) is 0 Å². The van der Waals surface area contributed by atoms with Gasteiger partial charge in [0.25, 0.3) is 5.91 Å². The number of nitrogens with one attached hydrogen (secondary N) is 1. The molecule has 2 rings (SSSR count). The standard InChI is InChI=1S/C12H18N6OS/c1-17(2)12-15-10(13)9(20-12)11(19)14-6-4-8-5-7-18(3)16-8/h5,7H,4,6,13H2,1-3H3,(H,14,19). The van der Waals surface area contributed by atoms with Crippen molar-refractivity contribution in [2.24, 2.45) is 7.05 Å². The lowest BCUT2D eigenvalue weighted by atomic mass is 10.3. The molecule has 0 saturated heterocycles. The Hall–Kier alpha value is -2.09. The number of carbonyl (C=O) groups excluding carboxylic acids is 1. The third-order valence-corrected chi connectivity index (χ3v) is 3.90. The van der Waals surface area contributed by atoms with Gasteiger partial charge in [-0.1, -0.05) is 11.3 Å². The van der Waals surface area contributed by atoms with E-state index in [0.29, 0.717) is 17.8 Å². The van der Waals surface area contributed by atoms with Gasteiger partial charge in [0.1, 0.15) is 10.7 Å². The molecule has 2 aromatic rings. The summed E-state index contributed by atoms with van der Waals surface area (Å²) in [6.07, 6.45) is 2.56. The molecule has 0 spiro atoms. The molecule has 0 bridgehead atoms. The van der Waals surface area contributed by atoms with Gasteiger partial charge in [0.15, 0.2) is 5.13 Å². The summed E-state index contributed by atoms with van der Waals surface area (Å²) in [5.74, 6) is 0.0815. The minimum Gasteiger partial charge on any atom is -0.382 e. The molecule has 2 aromatic heterocycles. The van der Waals surface area contributed by atoms with Gasteiger partial charge in [-0.2, -0.15) is 5.10 Å². The number of aryl methyl sites for hydroxylation is 1. The minimum atomic E-state index is -0.191. The number of hydrogen-bond donors (Lipinski definition) is 2. The molecule has 8 heteroatoms. The van der Waals surface area contributed by atoms with Crippen LogP contribution < -0.4 is 16.0 Å². The predicted molar refractivity (Wildman–Crippen MR) is 80.1 cm³/mol. The van der Waals surface area contributed by atoms with E-state index in [0.717, 1.165) is 10.8 Å². The van der Waals surface area contributed by atoms with Crippen LogP contribution in [-0.2, 0) is 13.5 Å². The van der Waals surface area contributed by atoms with Crippen LogP contribution in [0.2, 0.25) is 0 Å². The van der Waals surface area contributed by atoms with E-state index < -0.39 is 0 Å². The molecule has 0 atom stereocenters. The zero-order chi connectivity index (χ0) is 14.7. The summed E-state index contributed by atoms with van der Waals surface area (Å²) < 4.78 is 1.74. The molecule has 0 aliphatic carbocycles. The van der Waals surface area contributed by atoms with Crippen LogP contribution in [0.3, 0.4) is 0 Å². The van der Waals surface area contributed by atoms with Crippen molar-refractivity contribution >= 4 is 28.2 Å². The molecule has 0 aliphatic heterocycles. The lowest BCUT2D eigenvalue weighted by Gasteiger charge is -2.05. The van der Waals surface area contributed by atoms with Crippen LogP contribution in [0, 0.1) is 0 Å². The second-order valence-corrected chi connectivity index (χ2v) is 5.57. The summed E-state index contributed by atoms with van der Waals surface area (Å²) in [6, 6.07) is 1.93. The SMILES string of the molecule is CN(C)c1nc(N)c(C(=O)NCCc2ccn(C)n2)s1. The Labute approximate surface area is 121 Å². The van der Waals surface area contributed by atoms with Gasteiger partial charge in [0.05, 0.1) is 5.69 Å². The smallest absolute Gasteiger partial charge is 0.265 e. The maximum atomic E-state index is 12.0. The molecule has 3 N–H and O–H groups in total. The van der Waals surface area contributed by atoms with E-state index in [1.807, 2.05) is 38.3 Å². The average Bonchev–Trinajstić information content (AvgIpc) is 2.95. The summed E-state index contributed by atoms with van der Waals surface area (Å²) >= 11 is 1.28. The van der Waals surface area contributed by atoms with E-state index in [-0.39, 0.29) is 11.7 Å². The molecular weight excluding hydrogens is 276 g/mol. The Morgan fingerprint density at radius 3 is 2.85 bits per heavy atom. The average molecular weight is 294 g/mol. The van der Waals surface area contributed by atoms with Crippen molar-refractivity contribution in [2.75, 3.05) is 31.3 Å². The molecule has 20 heavy (non-hydrogen) atoms. The predicted octanol–water partition coefficient (Wildman–Crippen LogP) is 0.497. The number of hydrogen-bond acceptors (Lipinski definition) is 6. The molecule has 0 aliphatic rings. The third-order valence-electron chi connectivity index (χ3n) is 2.67. The number of rotatable bonds is 5. The molecule has 1 amide bonds. The second kappa shape index (κ2) is 5.91. The number of nitrogens with two attached hydrogens (primary N) is 1. The highest BCUT2D eigenvalue weighted by Gasteiger charge is 2.16. The molecule has 0 aromatic carbocycles. The van der Waals surface area contributed by atoms with E-state index in [4.69, 9.17) is 5.73 Å². The molecule has 0 fully saturated rings. The number of amides is 1. The van der Waals surface area contributed by atoms with E-state index in [2.05, 4.69) is 15.4 Å². The fourth-order valence-electron chi connectivity index (χ4n) is 1.66. The third kappa shape index (κ3) is 3.27. The Morgan fingerprint density at radius 2 is 2.30 bits per heavy atom. The van der Waals surface area contributed by atoms with Crippen LogP contribution in [0.5, 0.6) is 0 Å². The first kappa shape index (κ1) is 14.3. The molecule has 7 nitrogen and oxygen atoms in total.